The van der Waals surface area contributed by atoms with Gasteiger partial charge in [-0.3, -0.25) is 4.79 Å². The number of hydrogen-bond acceptors (Lipinski definition) is 2. The molecule has 1 amide bonds. The van der Waals surface area contributed by atoms with Crippen LogP contribution in [0, 0.1) is 6.92 Å². The third kappa shape index (κ3) is 3.35. The van der Waals surface area contributed by atoms with Crippen LogP contribution in [0.25, 0.3) is 0 Å². The Kier molecular flexibility index (Phi) is 4.59. The Hall–Kier alpha value is -1.35. The highest BCUT2D eigenvalue weighted by atomic mass is 16.2. The van der Waals surface area contributed by atoms with Crippen molar-refractivity contribution in [2.24, 2.45) is 0 Å². The molecule has 1 aromatic carbocycles. The maximum absolute atomic E-state index is 12.4. The second-order valence-corrected chi connectivity index (χ2v) is 5.50. The lowest BCUT2D eigenvalue weighted by Crippen LogP contribution is -2.47. The van der Waals surface area contributed by atoms with E-state index in [0.29, 0.717) is 6.04 Å². The Labute approximate surface area is 115 Å². The molecule has 2 atom stereocenters. The largest absolute Gasteiger partial charge is 0.324 e. The Morgan fingerprint density at radius 2 is 2.21 bits per heavy atom. The minimum absolute atomic E-state index is 0.0481. The zero-order chi connectivity index (χ0) is 13.8. The Morgan fingerprint density at radius 1 is 1.42 bits per heavy atom. The number of anilines is 1. The molecule has 0 radical (unpaired) electrons. The SMILES string of the molecule is CCc1cccc(C)c1NC(=O)C1CCCC(C)N1. The summed E-state index contributed by atoms with van der Waals surface area (Å²) >= 11 is 0. The number of para-hydroxylation sites is 1. The molecule has 2 rings (SSSR count). The van der Waals surface area contributed by atoms with Gasteiger partial charge in [-0.2, -0.15) is 0 Å². The van der Waals surface area contributed by atoms with E-state index in [1.54, 1.807) is 0 Å². The summed E-state index contributed by atoms with van der Waals surface area (Å²) in [5, 5.41) is 6.50. The summed E-state index contributed by atoms with van der Waals surface area (Å²) in [5.41, 5.74) is 3.34. The molecule has 0 saturated carbocycles. The average Bonchev–Trinajstić information content (AvgIpc) is 2.41. The number of rotatable bonds is 3. The van der Waals surface area contributed by atoms with Crippen LogP contribution in [0.4, 0.5) is 5.69 Å². The fourth-order valence-electron chi connectivity index (χ4n) is 2.76. The van der Waals surface area contributed by atoms with E-state index in [4.69, 9.17) is 0 Å². The summed E-state index contributed by atoms with van der Waals surface area (Å²) in [6.45, 7) is 6.31. The minimum Gasteiger partial charge on any atom is -0.324 e. The number of hydrogen-bond donors (Lipinski definition) is 2. The van der Waals surface area contributed by atoms with Gasteiger partial charge in [0.15, 0.2) is 0 Å². The van der Waals surface area contributed by atoms with Crippen LogP contribution in [-0.4, -0.2) is 18.0 Å². The Bertz CT molecular complexity index is 456. The van der Waals surface area contributed by atoms with Crippen LogP contribution in [0.15, 0.2) is 18.2 Å². The molecule has 2 N–H and O–H groups in total. The number of carbonyl (C=O) groups excluding carboxylic acids is 1. The van der Waals surface area contributed by atoms with Gasteiger partial charge in [-0.15, -0.1) is 0 Å². The van der Waals surface area contributed by atoms with E-state index in [1.807, 2.05) is 19.1 Å². The lowest BCUT2D eigenvalue weighted by molar-refractivity contribution is -0.118. The number of benzene rings is 1. The van der Waals surface area contributed by atoms with Gasteiger partial charge in [0.25, 0.3) is 0 Å². The van der Waals surface area contributed by atoms with Crippen LogP contribution in [0.3, 0.4) is 0 Å². The molecule has 2 unspecified atom stereocenters. The quantitative estimate of drug-likeness (QED) is 0.877. The molecule has 104 valence electrons. The zero-order valence-electron chi connectivity index (χ0n) is 12.1. The molecule has 1 aromatic rings. The fourth-order valence-corrected chi connectivity index (χ4v) is 2.76. The molecule has 19 heavy (non-hydrogen) atoms. The van der Waals surface area contributed by atoms with Crippen molar-refractivity contribution in [1.82, 2.24) is 5.32 Å². The van der Waals surface area contributed by atoms with Gasteiger partial charge in [-0.25, -0.2) is 0 Å². The van der Waals surface area contributed by atoms with Gasteiger partial charge in [0.1, 0.15) is 0 Å². The molecule has 3 nitrogen and oxygen atoms in total. The van der Waals surface area contributed by atoms with E-state index < -0.39 is 0 Å². The minimum atomic E-state index is -0.0481. The van der Waals surface area contributed by atoms with Gasteiger partial charge in [0.05, 0.1) is 6.04 Å². The van der Waals surface area contributed by atoms with Gasteiger partial charge in [0.2, 0.25) is 5.91 Å². The van der Waals surface area contributed by atoms with E-state index >= 15 is 0 Å². The second-order valence-electron chi connectivity index (χ2n) is 5.50. The number of nitrogens with one attached hydrogen (secondary N) is 2. The van der Waals surface area contributed by atoms with Gasteiger partial charge in [-0.05, 0) is 50.7 Å². The lowest BCUT2D eigenvalue weighted by Gasteiger charge is -2.28. The topological polar surface area (TPSA) is 41.1 Å². The monoisotopic (exact) mass is 260 g/mol. The molecule has 1 saturated heterocycles. The molecule has 0 aliphatic carbocycles. The van der Waals surface area contributed by atoms with Crippen molar-refractivity contribution in [2.45, 2.75) is 58.5 Å². The van der Waals surface area contributed by atoms with Crippen molar-refractivity contribution < 1.29 is 4.79 Å². The molecule has 0 aromatic heterocycles. The van der Waals surface area contributed by atoms with Crippen LogP contribution in [0.5, 0.6) is 0 Å². The second kappa shape index (κ2) is 6.20. The first-order valence-electron chi connectivity index (χ1n) is 7.27. The van der Waals surface area contributed by atoms with Gasteiger partial charge < -0.3 is 10.6 Å². The summed E-state index contributed by atoms with van der Waals surface area (Å²) < 4.78 is 0. The number of piperidine rings is 1. The maximum Gasteiger partial charge on any atom is 0.241 e. The first-order valence-corrected chi connectivity index (χ1v) is 7.27. The zero-order valence-corrected chi connectivity index (χ0v) is 12.1. The average molecular weight is 260 g/mol. The standard InChI is InChI=1S/C16H24N2O/c1-4-13-9-5-7-11(2)15(13)18-16(19)14-10-6-8-12(3)17-14/h5,7,9,12,14,17H,4,6,8,10H2,1-3H3,(H,18,19). The van der Waals surface area contributed by atoms with Crippen LogP contribution >= 0.6 is 0 Å². The summed E-state index contributed by atoms with van der Waals surface area (Å²) in [4.78, 5) is 12.4. The first-order chi connectivity index (χ1) is 9.11. The van der Waals surface area contributed by atoms with Crippen molar-refractivity contribution >= 4 is 11.6 Å². The van der Waals surface area contributed by atoms with Crippen molar-refractivity contribution in [3.8, 4) is 0 Å². The van der Waals surface area contributed by atoms with Crippen LogP contribution in [-0.2, 0) is 11.2 Å². The summed E-state index contributed by atoms with van der Waals surface area (Å²) in [6.07, 6.45) is 4.16. The number of carbonyl (C=O) groups is 1. The van der Waals surface area contributed by atoms with E-state index in [0.717, 1.165) is 36.9 Å². The molecular weight excluding hydrogens is 236 g/mol. The van der Waals surface area contributed by atoms with Gasteiger partial charge in [0, 0.05) is 11.7 Å². The molecule has 1 aliphatic rings. The Morgan fingerprint density at radius 3 is 2.89 bits per heavy atom. The van der Waals surface area contributed by atoms with Gasteiger partial charge >= 0.3 is 0 Å². The normalized spacial score (nSPS) is 23.1. The molecule has 1 aliphatic heterocycles. The Balaban J connectivity index is 2.10. The fraction of sp³-hybridized carbons (Fsp3) is 0.562. The van der Waals surface area contributed by atoms with Crippen LogP contribution < -0.4 is 10.6 Å². The smallest absolute Gasteiger partial charge is 0.241 e. The predicted octanol–water partition coefficient (Wildman–Crippen LogP) is 3.03. The molecule has 0 spiro atoms. The lowest BCUT2D eigenvalue weighted by atomic mass is 9.98. The summed E-state index contributed by atoms with van der Waals surface area (Å²) in [5.74, 6) is 0.107. The van der Waals surface area contributed by atoms with E-state index in [1.165, 1.54) is 5.56 Å². The highest BCUT2D eigenvalue weighted by molar-refractivity contribution is 5.96. The molecule has 1 heterocycles. The predicted molar refractivity (Wildman–Crippen MR) is 79.4 cm³/mol. The first kappa shape index (κ1) is 14.1. The van der Waals surface area contributed by atoms with Crippen LogP contribution in [0.2, 0.25) is 0 Å². The van der Waals surface area contributed by atoms with Crippen molar-refractivity contribution in [1.29, 1.82) is 0 Å². The third-order valence-corrected chi connectivity index (χ3v) is 3.92. The molecule has 0 bridgehead atoms. The summed E-state index contributed by atoms with van der Waals surface area (Å²) in [6, 6.07) is 6.57. The highest BCUT2D eigenvalue weighted by Gasteiger charge is 2.24. The highest BCUT2D eigenvalue weighted by Crippen LogP contribution is 2.22. The third-order valence-electron chi connectivity index (χ3n) is 3.92. The number of aryl methyl sites for hydroxylation is 2. The van der Waals surface area contributed by atoms with Crippen molar-refractivity contribution in [2.75, 3.05) is 5.32 Å². The van der Waals surface area contributed by atoms with Gasteiger partial charge in [-0.1, -0.05) is 25.1 Å². The van der Waals surface area contributed by atoms with E-state index in [-0.39, 0.29) is 11.9 Å². The van der Waals surface area contributed by atoms with Crippen LogP contribution in [0.1, 0.15) is 44.2 Å². The molecule has 3 heteroatoms. The molecule has 1 fully saturated rings. The van der Waals surface area contributed by atoms with E-state index in [9.17, 15) is 4.79 Å². The summed E-state index contributed by atoms with van der Waals surface area (Å²) in [7, 11) is 0. The van der Waals surface area contributed by atoms with E-state index in [2.05, 4.69) is 30.5 Å². The van der Waals surface area contributed by atoms with Crippen molar-refractivity contribution in [3.63, 3.8) is 0 Å². The maximum atomic E-state index is 12.4. The number of amides is 1. The molecular formula is C16H24N2O. The van der Waals surface area contributed by atoms with Crippen molar-refractivity contribution in [3.05, 3.63) is 29.3 Å².